The number of hydrogen-bond acceptors (Lipinski definition) is 8. The van der Waals surface area contributed by atoms with Crippen molar-refractivity contribution in [2.75, 3.05) is 50.1 Å². The number of phenols is 1. The second-order valence-corrected chi connectivity index (χ2v) is 10.8. The van der Waals surface area contributed by atoms with E-state index in [1.807, 2.05) is 24.3 Å². The number of nitrogens with one attached hydrogen (secondary N) is 2. The van der Waals surface area contributed by atoms with Gasteiger partial charge in [-0.2, -0.15) is 0 Å². The summed E-state index contributed by atoms with van der Waals surface area (Å²) in [6.45, 7) is 6.19. The number of carbonyl (C=O) groups excluding carboxylic acids is 2. The van der Waals surface area contributed by atoms with Gasteiger partial charge in [-0.3, -0.25) is 19.5 Å². The van der Waals surface area contributed by atoms with Crippen molar-refractivity contribution >= 4 is 44.9 Å². The third-order valence-corrected chi connectivity index (χ3v) is 7.57. The van der Waals surface area contributed by atoms with Crippen LogP contribution in [0.2, 0.25) is 0 Å². The van der Waals surface area contributed by atoms with Gasteiger partial charge in [0.25, 0.3) is 5.91 Å². The highest BCUT2D eigenvalue weighted by Gasteiger charge is 2.15. The number of aromatic hydroxyl groups is 1. The topological polar surface area (TPSA) is 122 Å². The number of nitrogens with zero attached hydrogens (tertiary/aromatic N) is 2. The van der Waals surface area contributed by atoms with Crippen LogP contribution in [0.25, 0.3) is 21.7 Å². The molecule has 2 heterocycles. The predicted molar refractivity (Wildman–Crippen MR) is 173 cm³/mol. The molecule has 0 aliphatic carbocycles. The summed E-state index contributed by atoms with van der Waals surface area (Å²) in [5.41, 5.74) is 2.14. The number of ether oxygens (including phenoxy) is 3. The van der Waals surface area contributed by atoms with Gasteiger partial charge in [-0.15, -0.1) is 0 Å². The van der Waals surface area contributed by atoms with Crippen LogP contribution in [0, 0.1) is 0 Å². The molecular formula is C35H34N4O6. The Kier molecular flexibility index (Phi) is 9.04. The van der Waals surface area contributed by atoms with Gasteiger partial charge in [-0.25, -0.2) is 0 Å². The molecule has 0 bridgehead atoms. The van der Waals surface area contributed by atoms with Gasteiger partial charge in [0.2, 0.25) is 5.91 Å². The molecule has 0 atom stereocenters. The van der Waals surface area contributed by atoms with Gasteiger partial charge in [0.1, 0.15) is 11.5 Å². The van der Waals surface area contributed by atoms with Gasteiger partial charge in [0, 0.05) is 49.8 Å². The van der Waals surface area contributed by atoms with Crippen molar-refractivity contribution in [3.63, 3.8) is 0 Å². The number of hydrogen-bond donors (Lipinski definition) is 3. The van der Waals surface area contributed by atoms with Crippen LogP contribution in [-0.2, 0) is 9.53 Å². The first-order valence-electron chi connectivity index (χ1n) is 14.9. The normalized spacial score (nSPS) is 13.4. The minimum atomic E-state index is -0.304. The van der Waals surface area contributed by atoms with E-state index >= 15 is 0 Å². The summed E-state index contributed by atoms with van der Waals surface area (Å²) in [6, 6.07) is 23.1. The second kappa shape index (κ2) is 13.6. The van der Waals surface area contributed by atoms with Gasteiger partial charge in [-0.05, 0) is 65.7 Å². The van der Waals surface area contributed by atoms with E-state index in [0.717, 1.165) is 50.0 Å². The summed E-state index contributed by atoms with van der Waals surface area (Å²) in [5.74, 6) is 0.951. The number of para-hydroxylation sites is 2. The number of fused-ring (bicyclic) bond motifs is 2. The van der Waals surface area contributed by atoms with Crippen molar-refractivity contribution in [2.24, 2.45) is 0 Å². The molecule has 1 fully saturated rings. The molecule has 10 nitrogen and oxygen atoms in total. The Morgan fingerprint density at radius 2 is 1.71 bits per heavy atom. The van der Waals surface area contributed by atoms with E-state index in [1.54, 1.807) is 60.8 Å². The maximum atomic E-state index is 13.3. The Hall–Kier alpha value is -5.19. The van der Waals surface area contributed by atoms with Crippen molar-refractivity contribution in [3.8, 4) is 23.0 Å². The third-order valence-electron chi connectivity index (χ3n) is 7.57. The van der Waals surface area contributed by atoms with E-state index in [1.165, 1.54) is 6.92 Å². The third kappa shape index (κ3) is 7.14. The Morgan fingerprint density at radius 3 is 2.51 bits per heavy atom. The van der Waals surface area contributed by atoms with Gasteiger partial charge < -0.3 is 30.0 Å². The molecule has 4 aromatic carbocycles. The van der Waals surface area contributed by atoms with E-state index in [-0.39, 0.29) is 17.6 Å². The molecule has 0 radical (unpaired) electrons. The lowest BCUT2D eigenvalue weighted by molar-refractivity contribution is -0.114. The maximum absolute atomic E-state index is 13.3. The SMILES string of the molecule is CC(=O)Nc1ccccc1NC(=O)c1cccc2cc(Oc3ccnc4cc(OCCCN5CCOCC5)c(O)cc34)ccc12. The second-order valence-electron chi connectivity index (χ2n) is 10.8. The van der Waals surface area contributed by atoms with Crippen LogP contribution in [0.1, 0.15) is 23.7 Å². The minimum absolute atomic E-state index is 0.0148. The molecule has 10 heteroatoms. The summed E-state index contributed by atoms with van der Waals surface area (Å²) >= 11 is 0. The van der Waals surface area contributed by atoms with E-state index in [2.05, 4.69) is 20.5 Å². The summed E-state index contributed by atoms with van der Waals surface area (Å²) < 4.78 is 17.5. The van der Waals surface area contributed by atoms with E-state index in [0.29, 0.717) is 51.7 Å². The van der Waals surface area contributed by atoms with Crippen molar-refractivity contribution < 1.29 is 28.9 Å². The number of amides is 2. The Balaban J connectivity index is 1.17. The molecule has 1 aliphatic heterocycles. The summed E-state index contributed by atoms with van der Waals surface area (Å²) in [6.07, 6.45) is 2.49. The number of anilines is 2. The lowest BCUT2D eigenvalue weighted by atomic mass is 10.0. The first kappa shape index (κ1) is 29.9. The van der Waals surface area contributed by atoms with Gasteiger partial charge in [0.15, 0.2) is 11.5 Å². The molecule has 3 N–H and O–H groups in total. The smallest absolute Gasteiger partial charge is 0.256 e. The number of pyridine rings is 1. The largest absolute Gasteiger partial charge is 0.504 e. The molecule has 0 spiro atoms. The number of benzene rings is 4. The first-order valence-corrected chi connectivity index (χ1v) is 14.9. The van der Waals surface area contributed by atoms with Crippen LogP contribution in [0.3, 0.4) is 0 Å². The fourth-order valence-corrected chi connectivity index (χ4v) is 5.37. The summed E-state index contributed by atoms with van der Waals surface area (Å²) in [5, 5.41) is 18.6. The molecule has 5 aromatic rings. The number of rotatable bonds is 10. The van der Waals surface area contributed by atoms with Crippen molar-refractivity contribution in [3.05, 3.63) is 90.6 Å². The molecule has 2 amide bonds. The maximum Gasteiger partial charge on any atom is 0.256 e. The fraction of sp³-hybridized carbons (Fsp3) is 0.229. The number of phenolic OH excluding ortho intramolecular Hbond substituents is 1. The Bertz CT molecular complexity index is 1850. The molecule has 45 heavy (non-hydrogen) atoms. The zero-order chi connectivity index (χ0) is 31.2. The molecule has 0 unspecified atom stereocenters. The highest BCUT2D eigenvalue weighted by molar-refractivity contribution is 6.14. The molecule has 0 saturated carbocycles. The van der Waals surface area contributed by atoms with Crippen LogP contribution >= 0.6 is 0 Å². The van der Waals surface area contributed by atoms with Crippen LogP contribution in [-0.4, -0.2) is 66.3 Å². The van der Waals surface area contributed by atoms with E-state index in [4.69, 9.17) is 14.2 Å². The Labute approximate surface area is 260 Å². The average molecular weight is 607 g/mol. The zero-order valence-corrected chi connectivity index (χ0v) is 24.9. The lowest BCUT2D eigenvalue weighted by Gasteiger charge is -2.26. The number of carbonyl (C=O) groups is 2. The fourth-order valence-electron chi connectivity index (χ4n) is 5.37. The molecule has 230 valence electrons. The quantitative estimate of drug-likeness (QED) is 0.161. The monoisotopic (exact) mass is 606 g/mol. The average Bonchev–Trinajstić information content (AvgIpc) is 3.04. The minimum Gasteiger partial charge on any atom is -0.504 e. The molecule has 1 aliphatic rings. The van der Waals surface area contributed by atoms with Gasteiger partial charge >= 0.3 is 0 Å². The van der Waals surface area contributed by atoms with Crippen molar-refractivity contribution in [2.45, 2.75) is 13.3 Å². The number of morpholine rings is 1. The Morgan fingerprint density at radius 1 is 0.911 bits per heavy atom. The van der Waals surface area contributed by atoms with E-state index < -0.39 is 0 Å². The molecule has 6 rings (SSSR count). The van der Waals surface area contributed by atoms with Crippen LogP contribution in [0.4, 0.5) is 11.4 Å². The molecule has 1 saturated heterocycles. The standard InChI is InChI=1S/C35H34N4O6/c1-23(40)37-29-8-2-3-9-30(29)38-35(42)27-7-4-6-24-20-25(10-11-26(24)27)45-33-12-13-36-31-22-34(32(41)21-28(31)33)44-17-5-14-39-15-18-43-19-16-39/h2-4,6-13,20-22,41H,5,14-19H2,1H3,(H,37,40)(H,38,42). The van der Waals surface area contributed by atoms with E-state index in [9.17, 15) is 14.7 Å². The summed E-state index contributed by atoms with van der Waals surface area (Å²) in [4.78, 5) is 31.7. The van der Waals surface area contributed by atoms with Gasteiger partial charge in [0.05, 0.1) is 36.7 Å². The van der Waals surface area contributed by atoms with Crippen LogP contribution in [0.15, 0.2) is 85.1 Å². The molecule has 1 aromatic heterocycles. The van der Waals surface area contributed by atoms with Crippen molar-refractivity contribution in [1.82, 2.24) is 9.88 Å². The number of aromatic nitrogens is 1. The van der Waals surface area contributed by atoms with Crippen molar-refractivity contribution in [1.29, 1.82) is 0 Å². The van der Waals surface area contributed by atoms with Crippen LogP contribution in [0.5, 0.6) is 23.0 Å². The highest BCUT2D eigenvalue weighted by Crippen LogP contribution is 2.37. The van der Waals surface area contributed by atoms with Crippen LogP contribution < -0.4 is 20.1 Å². The molecular weight excluding hydrogens is 572 g/mol. The summed E-state index contributed by atoms with van der Waals surface area (Å²) in [7, 11) is 0. The lowest BCUT2D eigenvalue weighted by Crippen LogP contribution is -2.37. The van der Waals surface area contributed by atoms with Gasteiger partial charge in [-0.1, -0.05) is 24.3 Å². The zero-order valence-electron chi connectivity index (χ0n) is 24.9. The highest BCUT2D eigenvalue weighted by atomic mass is 16.5. The first-order chi connectivity index (χ1) is 21.9. The predicted octanol–water partition coefficient (Wildman–Crippen LogP) is 6.20.